The molecule has 0 bridgehead atoms. The number of ether oxygens (including phenoxy) is 1. The van der Waals surface area contributed by atoms with E-state index >= 15 is 0 Å². The molecule has 1 aromatic rings. The molecule has 0 aliphatic rings. The SMILES string of the molecule is CCCCC(CC)COC(=O)c1cc(S(=O)(=O)O)ccc1C(=O)O. The van der Waals surface area contributed by atoms with Gasteiger partial charge in [-0.1, -0.05) is 33.1 Å². The van der Waals surface area contributed by atoms with Crippen LogP contribution in [0.2, 0.25) is 0 Å². The van der Waals surface area contributed by atoms with Crippen molar-refractivity contribution in [3.05, 3.63) is 29.3 Å². The molecule has 0 aliphatic heterocycles. The average Bonchev–Trinajstić information content (AvgIpc) is 2.53. The van der Waals surface area contributed by atoms with Gasteiger partial charge < -0.3 is 9.84 Å². The van der Waals surface area contributed by atoms with Crippen molar-refractivity contribution < 1.29 is 32.4 Å². The molecule has 24 heavy (non-hydrogen) atoms. The van der Waals surface area contributed by atoms with E-state index in [1.807, 2.05) is 6.92 Å². The lowest BCUT2D eigenvalue weighted by Crippen LogP contribution is -2.17. The van der Waals surface area contributed by atoms with Crippen molar-refractivity contribution in [3.63, 3.8) is 0 Å². The van der Waals surface area contributed by atoms with Crippen LogP contribution in [0.15, 0.2) is 23.1 Å². The van der Waals surface area contributed by atoms with Gasteiger partial charge in [0.05, 0.1) is 22.6 Å². The maximum absolute atomic E-state index is 12.2. The van der Waals surface area contributed by atoms with Crippen molar-refractivity contribution in [1.29, 1.82) is 0 Å². The van der Waals surface area contributed by atoms with Gasteiger partial charge in [0, 0.05) is 0 Å². The van der Waals surface area contributed by atoms with Crippen molar-refractivity contribution in [2.75, 3.05) is 6.61 Å². The zero-order valence-electron chi connectivity index (χ0n) is 13.7. The molecule has 7 nitrogen and oxygen atoms in total. The highest BCUT2D eigenvalue weighted by atomic mass is 32.2. The number of carbonyl (C=O) groups excluding carboxylic acids is 1. The first-order valence-corrected chi connectivity index (χ1v) is 9.16. The van der Waals surface area contributed by atoms with E-state index in [0.717, 1.165) is 43.9 Å². The first-order chi connectivity index (χ1) is 11.2. The fraction of sp³-hybridized carbons (Fsp3) is 0.500. The lowest BCUT2D eigenvalue weighted by molar-refractivity contribution is 0.0420. The maximum atomic E-state index is 12.2. The molecular weight excluding hydrogens is 336 g/mol. The number of carboxylic acids is 1. The van der Waals surface area contributed by atoms with Crippen LogP contribution in [0.3, 0.4) is 0 Å². The molecule has 134 valence electrons. The second-order valence-corrected chi connectivity index (χ2v) is 6.92. The normalized spacial score (nSPS) is 12.6. The van der Waals surface area contributed by atoms with Crippen LogP contribution in [0.1, 0.15) is 60.2 Å². The van der Waals surface area contributed by atoms with Crippen molar-refractivity contribution in [3.8, 4) is 0 Å². The summed E-state index contributed by atoms with van der Waals surface area (Å²) in [4.78, 5) is 22.8. The van der Waals surface area contributed by atoms with Crippen LogP contribution in [-0.2, 0) is 14.9 Å². The number of rotatable bonds is 9. The second-order valence-electron chi connectivity index (χ2n) is 5.50. The van der Waals surface area contributed by atoms with Gasteiger partial charge in [0.1, 0.15) is 0 Å². The van der Waals surface area contributed by atoms with Gasteiger partial charge >= 0.3 is 11.9 Å². The van der Waals surface area contributed by atoms with Crippen molar-refractivity contribution in [2.45, 2.75) is 44.4 Å². The molecule has 2 N–H and O–H groups in total. The Hall–Kier alpha value is -1.93. The Morgan fingerprint density at radius 3 is 2.38 bits per heavy atom. The Kier molecular flexibility index (Phi) is 7.37. The minimum Gasteiger partial charge on any atom is -0.478 e. The third-order valence-electron chi connectivity index (χ3n) is 3.73. The Morgan fingerprint density at radius 2 is 1.88 bits per heavy atom. The van der Waals surface area contributed by atoms with Gasteiger partial charge in [0.2, 0.25) is 0 Å². The summed E-state index contributed by atoms with van der Waals surface area (Å²) in [5.41, 5.74) is -0.781. The lowest BCUT2D eigenvalue weighted by atomic mass is 10.0. The summed E-state index contributed by atoms with van der Waals surface area (Å²) in [5.74, 6) is -2.15. The first-order valence-electron chi connectivity index (χ1n) is 7.72. The van der Waals surface area contributed by atoms with Crippen molar-refractivity contribution >= 4 is 22.1 Å². The summed E-state index contributed by atoms with van der Waals surface area (Å²) < 4.78 is 36.6. The number of hydrogen-bond donors (Lipinski definition) is 2. The molecule has 0 amide bonds. The van der Waals surface area contributed by atoms with Gasteiger partial charge in [-0.25, -0.2) is 9.59 Å². The summed E-state index contributed by atoms with van der Waals surface area (Å²) in [6.45, 7) is 4.15. The molecule has 1 atom stereocenters. The number of carboxylic acid groups (broad SMARTS) is 1. The summed E-state index contributed by atoms with van der Waals surface area (Å²) in [7, 11) is -4.55. The maximum Gasteiger partial charge on any atom is 0.339 e. The molecular formula is C16H22O7S. The molecule has 0 fully saturated rings. The monoisotopic (exact) mass is 358 g/mol. The van der Waals surface area contributed by atoms with E-state index in [0.29, 0.717) is 0 Å². The second kappa shape index (κ2) is 8.79. The molecule has 0 saturated carbocycles. The van der Waals surface area contributed by atoms with Crippen LogP contribution < -0.4 is 0 Å². The van der Waals surface area contributed by atoms with Crippen LogP contribution in [0.5, 0.6) is 0 Å². The molecule has 0 aliphatic carbocycles. The van der Waals surface area contributed by atoms with Crippen LogP contribution in [-0.4, -0.2) is 36.6 Å². The average molecular weight is 358 g/mol. The first kappa shape index (κ1) is 20.1. The highest BCUT2D eigenvalue weighted by molar-refractivity contribution is 7.85. The van der Waals surface area contributed by atoms with Gasteiger partial charge in [-0.3, -0.25) is 4.55 Å². The van der Waals surface area contributed by atoms with E-state index in [9.17, 15) is 18.0 Å². The smallest absolute Gasteiger partial charge is 0.339 e. The minimum absolute atomic E-state index is 0.129. The van der Waals surface area contributed by atoms with Crippen LogP contribution in [0.4, 0.5) is 0 Å². The summed E-state index contributed by atoms with van der Waals surface area (Å²) in [6.07, 6.45) is 3.71. The van der Waals surface area contributed by atoms with E-state index in [4.69, 9.17) is 14.4 Å². The van der Waals surface area contributed by atoms with Gasteiger partial charge in [0.25, 0.3) is 10.1 Å². The summed E-state index contributed by atoms with van der Waals surface area (Å²) >= 11 is 0. The topological polar surface area (TPSA) is 118 Å². The predicted molar refractivity (Wildman–Crippen MR) is 86.8 cm³/mol. The van der Waals surface area contributed by atoms with Gasteiger partial charge in [0.15, 0.2) is 0 Å². The lowest BCUT2D eigenvalue weighted by Gasteiger charge is -2.15. The highest BCUT2D eigenvalue weighted by Crippen LogP contribution is 2.19. The molecule has 0 spiro atoms. The van der Waals surface area contributed by atoms with Gasteiger partial charge in [-0.2, -0.15) is 8.42 Å². The molecule has 0 heterocycles. The molecule has 1 unspecified atom stereocenters. The van der Waals surface area contributed by atoms with Gasteiger partial charge in [-0.05, 0) is 30.5 Å². The molecule has 1 rings (SSSR count). The third kappa shape index (κ3) is 5.61. The Labute approximate surface area is 141 Å². The van der Waals surface area contributed by atoms with Crippen LogP contribution >= 0.6 is 0 Å². The van der Waals surface area contributed by atoms with Crippen molar-refractivity contribution in [2.24, 2.45) is 5.92 Å². The Morgan fingerprint density at radius 1 is 1.21 bits per heavy atom. The zero-order chi connectivity index (χ0) is 18.3. The number of aromatic carboxylic acids is 1. The number of carbonyl (C=O) groups is 2. The largest absolute Gasteiger partial charge is 0.478 e. The van der Waals surface area contributed by atoms with E-state index < -0.39 is 32.5 Å². The molecule has 8 heteroatoms. The number of benzene rings is 1. The van der Waals surface area contributed by atoms with E-state index in [1.165, 1.54) is 0 Å². The highest BCUT2D eigenvalue weighted by Gasteiger charge is 2.22. The molecule has 1 aromatic carbocycles. The van der Waals surface area contributed by atoms with E-state index in [2.05, 4.69) is 6.92 Å². The van der Waals surface area contributed by atoms with Gasteiger partial charge in [-0.15, -0.1) is 0 Å². The van der Waals surface area contributed by atoms with E-state index in [1.54, 1.807) is 0 Å². The fourth-order valence-corrected chi connectivity index (χ4v) is 2.72. The van der Waals surface area contributed by atoms with Crippen LogP contribution in [0, 0.1) is 5.92 Å². The Balaban J connectivity index is 3.01. The van der Waals surface area contributed by atoms with Crippen molar-refractivity contribution in [1.82, 2.24) is 0 Å². The fourth-order valence-electron chi connectivity index (χ4n) is 2.21. The minimum atomic E-state index is -4.55. The molecule has 0 radical (unpaired) electrons. The number of unbranched alkanes of at least 4 members (excludes halogenated alkanes) is 1. The summed E-state index contributed by atoms with van der Waals surface area (Å²) in [5, 5.41) is 9.13. The zero-order valence-corrected chi connectivity index (χ0v) is 14.5. The summed E-state index contributed by atoms with van der Waals surface area (Å²) in [6, 6.07) is 2.69. The molecule has 0 aromatic heterocycles. The number of hydrogen-bond acceptors (Lipinski definition) is 5. The number of esters is 1. The standard InChI is InChI=1S/C16H22O7S/c1-3-5-6-11(4-2)10-23-16(19)14-9-12(24(20,21)22)7-8-13(14)15(17)18/h7-9,11H,3-6,10H2,1-2H3,(H,17,18)(H,20,21,22). The van der Waals surface area contributed by atoms with Crippen LogP contribution in [0.25, 0.3) is 0 Å². The quantitative estimate of drug-likeness (QED) is 0.514. The van der Waals surface area contributed by atoms with E-state index in [-0.39, 0.29) is 18.1 Å². The Bertz CT molecular complexity index is 694. The predicted octanol–water partition coefficient (Wildman–Crippen LogP) is 3.00. The molecule has 0 saturated heterocycles. The third-order valence-corrected chi connectivity index (χ3v) is 4.58.